The summed E-state index contributed by atoms with van der Waals surface area (Å²) in [5, 5.41) is 22.7. The molecule has 0 saturated carbocycles. The molecule has 0 aromatic carbocycles. The number of hydrogen-bond acceptors (Lipinski definition) is 5. The summed E-state index contributed by atoms with van der Waals surface area (Å²) in [5.41, 5.74) is 0. The van der Waals surface area contributed by atoms with Crippen LogP contribution in [0, 0.1) is 0 Å². The van der Waals surface area contributed by atoms with Gasteiger partial charge in [-0.05, 0) is 0 Å². The number of carboxylic acids is 1. The highest BCUT2D eigenvalue weighted by atomic mass is 16.5. The maximum Gasteiger partial charge on any atom is 0.326 e. The smallest absolute Gasteiger partial charge is 0.326 e. The molecule has 1 amide bonds. The molecule has 92 valence electrons. The van der Waals surface area contributed by atoms with E-state index in [-0.39, 0.29) is 13.0 Å². The first-order valence-corrected chi connectivity index (χ1v) is 5.11. The molecule has 0 bridgehead atoms. The average Bonchev–Trinajstić information content (AvgIpc) is 2.29. The Bertz CT molecular complexity index is 252. The molecule has 0 aromatic heterocycles. The van der Waals surface area contributed by atoms with Crippen molar-refractivity contribution in [2.75, 3.05) is 26.3 Å². The van der Waals surface area contributed by atoms with Gasteiger partial charge in [0.15, 0.2) is 0 Å². The predicted molar refractivity (Wildman–Crippen MR) is 53.9 cm³/mol. The fraction of sp³-hybridized carbons (Fsp3) is 0.778. The van der Waals surface area contributed by atoms with Gasteiger partial charge < -0.3 is 25.6 Å². The number of nitrogens with one attached hydrogen (secondary N) is 2. The first-order chi connectivity index (χ1) is 7.65. The van der Waals surface area contributed by atoms with Crippen LogP contribution in [0.5, 0.6) is 0 Å². The van der Waals surface area contributed by atoms with Gasteiger partial charge in [0.1, 0.15) is 12.1 Å². The van der Waals surface area contributed by atoms with E-state index in [9.17, 15) is 9.59 Å². The maximum atomic E-state index is 11.6. The molecule has 2 atom stereocenters. The van der Waals surface area contributed by atoms with Crippen LogP contribution in [0.2, 0.25) is 0 Å². The van der Waals surface area contributed by atoms with E-state index >= 15 is 0 Å². The lowest BCUT2D eigenvalue weighted by atomic mass is 10.2. The van der Waals surface area contributed by atoms with E-state index in [0.29, 0.717) is 19.7 Å². The Labute approximate surface area is 92.8 Å². The normalized spacial score (nSPS) is 22.4. The Hall–Kier alpha value is -1.18. The van der Waals surface area contributed by atoms with Gasteiger partial charge >= 0.3 is 5.97 Å². The van der Waals surface area contributed by atoms with E-state index in [1.807, 2.05) is 0 Å². The van der Waals surface area contributed by atoms with Crippen LogP contribution in [0.15, 0.2) is 0 Å². The predicted octanol–water partition coefficient (Wildman–Crippen LogP) is -2.07. The SMILES string of the molecule is O=C(N[C@@H](CCO)C(=O)O)C1CNCCO1. The molecule has 7 heteroatoms. The minimum absolute atomic E-state index is 0.0127. The Morgan fingerprint density at radius 3 is 2.81 bits per heavy atom. The minimum Gasteiger partial charge on any atom is -0.480 e. The summed E-state index contributed by atoms with van der Waals surface area (Å²) < 4.78 is 5.17. The molecule has 0 aliphatic carbocycles. The molecule has 1 heterocycles. The summed E-state index contributed by atoms with van der Waals surface area (Å²) in [4.78, 5) is 22.3. The molecule has 0 radical (unpaired) electrons. The molecule has 1 saturated heterocycles. The second-order valence-corrected chi connectivity index (χ2v) is 3.48. The molecule has 0 aromatic rings. The van der Waals surface area contributed by atoms with Gasteiger partial charge in [-0.1, -0.05) is 0 Å². The van der Waals surface area contributed by atoms with Crippen LogP contribution >= 0.6 is 0 Å². The van der Waals surface area contributed by atoms with Gasteiger partial charge in [-0.2, -0.15) is 0 Å². The van der Waals surface area contributed by atoms with Crippen molar-refractivity contribution in [3.8, 4) is 0 Å². The van der Waals surface area contributed by atoms with E-state index in [2.05, 4.69) is 10.6 Å². The zero-order valence-electron chi connectivity index (χ0n) is 8.81. The van der Waals surface area contributed by atoms with Crippen molar-refractivity contribution >= 4 is 11.9 Å². The molecule has 1 aliphatic heterocycles. The van der Waals surface area contributed by atoms with Crippen molar-refractivity contribution in [1.82, 2.24) is 10.6 Å². The van der Waals surface area contributed by atoms with Crippen LogP contribution in [0.3, 0.4) is 0 Å². The number of aliphatic carboxylic acids is 1. The summed E-state index contributed by atoms with van der Waals surface area (Å²) in [5.74, 6) is -1.63. The molecular formula is C9H16N2O5. The van der Waals surface area contributed by atoms with Crippen molar-refractivity contribution in [1.29, 1.82) is 0 Å². The zero-order valence-corrected chi connectivity index (χ0v) is 8.81. The number of amides is 1. The second-order valence-electron chi connectivity index (χ2n) is 3.48. The Morgan fingerprint density at radius 1 is 1.56 bits per heavy atom. The van der Waals surface area contributed by atoms with Gasteiger partial charge in [-0.3, -0.25) is 4.79 Å². The summed E-state index contributed by atoms with van der Waals surface area (Å²) in [6.45, 7) is 1.19. The number of carbonyl (C=O) groups excluding carboxylic acids is 1. The van der Waals surface area contributed by atoms with E-state index in [1.165, 1.54) is 0 Å². The van der Waals surface area contributed by atoms with Crippen LogP contribution in [0.1, 0.15) is 6.42 Å². The van der Waals surface area contributed by atoms with Gasteiger partial charge in [0.25, 0.3) is 5.91 Å². The van der Waals surface area contributed by atoms with Crippen molar-refractivity contribution < 1.29 is 24.5 Å². The number of carbonyl (C=O) groups is 2. The lowest BCUT2D eigenvalue weighted by molar-refractivity contribution is -0.145. The molecule has 7 nitrogen and oxygen atoms in total. The van der Waals surface area contributed by atoms with E-state index in [1.54, 1.807) is 0 Å². The summed E-state index contributed by atoms with van der Waals surface area (Å²) in [7, 11) is 0. The van der Waals surface area contributed by atoms with Crippen molar-refractivity contribution in [3.63, 3.8) is 0 Å². The molecule has 16 heavy (non-hydrogen) atoms. The molecule has 1 fully saturated rings. The third-order valence-corrected chi connectivity index (χ3v) is 2.25. The maximum absolute atomic E-state index is 11.6. The molecule has 0 spiro atoms. The topological polar surface area (TPSA) is 108 Å². The molecule has 1 rings (SSSR count). The molecule has 1 aliphatic rings. The summed E-state index contributed by atoms with van der Waals surface area (Å²) in [6.07, 6.45) is -0.671. The van der Waals surface area contributed by atoms with E-state index in [4.69, 9.17) is 14.9 Å². The third kappa shape index (κ3) is 3.76. The number of carboxylic acid groups (broad SMARTS) is 1. The largest absolute Gasteiger partial charge is 0.480 e. The van der Waals surface area contributed by atoms with Gasteiger partial charge in [0.05, 0.1) is 6.61 Å². The van der Waals surface area contributed by atoms with Crippen molar-refractivity contribution in [2.45, 2.75) is 18.6 Å². The highest BCUT2D eigenvalue weighted by Crippen LogP contribution is 1.99. The van der Waals surface area contributed by atoms with Gasteiger partial charge in [0.2, 0.25) is 0 Å². The van der Waals surface area contributed by atoms with E-state index < -0.39 is 24.0 Å². The number of aliphatic hydroxyl groups excluding tert-OH is 1. The monoisotopic (exact) mass is 232 g/mol. The van der Waals surface area contributed by atoms with Gasteiger partial charge in [-0.25, -0.2) is 4.79 Å². The number of ether oxygens (including phenoxy) is 1. The zero-order chi connectivity index (χ0) is 12.0. The first kappa shape index (κ1) is 12.9. The highest BCUT2D eigenvalue weighted by molar-refractivity contribution is 5.86. The lowest BCUT2D eigenvalue weighted by Gasteiger charge is -2.24. The minimum atomic E-state index is -1.16. The molecule has 4 N–H and O–H groups in total. The average molecular weight is 232 g/mol. The van der Waals surface area contributed by atoms with E-state index in [0.717, 1.165) is 0 Å². The Balaban J connectivity index is 2.43. The van der Waals surface area contributed by atoms with Crippen molar-refractivity contribution in [2.24, 2.45) is 0 Å². The molecular weight excluding hydrogens is 216 g/mol. The Kier molecular flexibility index (Phi) is 5.17. The highest BCUT2D eigenvalue weighted by Gasteiger charge is 2.26. The fourth-order valence-corrected chi connectivity index (χ4v) is 1.38. The second kappa shape index (κ2) is 6.41. The Morgan fingerprint density at radius 2 is 2.31 bits per heavy atom. The first-order valence-electron chi connectivity index (χ1n) is 5.11. The van der Waals surface area contributed by atoms with Crippen molar-refractivity contribution in [3.05, 3.63) is 0 Å². The van der Waals surface area contributed by atoms with Gasteiger partial charge in [0, 0.05) is 26.1 Å². The van der Waals surface area contributed by atoms with Gasteiger partial charge in [-0.15, -0.1) is 0 Å². The number of morpholine rings is 1. The number of aliphatic hydroxyl groups is 1. The van der Waals surface area contributed by atoms with Crippen LogP contribution < -0.4 is 10.6 Å². The molecule has 1 unspecified atom stereocenters. The van der Waals surface area contributed by atoms with Crippen LogP contribution in [-0.4, -0.2) is 60.5 Å². The fourth-order valence-electron chi connectivity index (χ4n) is 1.38. The number of rotatable bonds is 5. The summed E-state index contributed by atoms with van der Waals surface area (Å²) >= 11 is 0. The van der Waals surface area contributed by atoms with Crippen LogP contribution in [0.25, 0.3) is 0 Å². The van der Waals surface area contributed by atoms with Crippen LogP contribution in [0.4, 0.5) is 0 Å². The quantitative estimate of drug-likeness (QED) is 0.433. The number of hydrogen-bond donors (Lipinski definition) is 4. The lowest BCUT2D eigenvalue weighted by Crippen LogP contribution is -2.52. The standard InChI is InChI=1S/C9H16N2O5/c12-3-1-6(9(14)15)11-8(13)7-5-10-2-4-16-7/h6-7,10,12H,1-5H2,(H,11,13)(H,14,15)/t6-,7?/m0/s1. The summed E-state index contributed by atoms with van der Waals surface area (Å²) in [6, 6.07) is -1.07. The third-order valence-electron chi connectivity index (χ3n) is 2.25. The van der Waals surface area contributed by atoms with Crippen LogP contribution in [-0.2, 0) is 14.3 Å².